The second-order valence-corrected chi connectivity index (χ2v) is 8.38. The first-order chi connectivity index (χ1) is 10.9. The summed E-state index contributed by atoms with van der Waals surface area (Å²) in [5, 5.41) is 0.266. The van der Waals surface area contributed by atoms with Crippen LogP contribution in [0.4, 0.5) is 0 Å². The van der Waals surface area contributed by atoms with E-state index in [1.807, 2.05) is 12.1 Å². The van der Waals surface area contributed by atoms with Crippen LogP contribution >= 0.6 is 15.9 Å². The minimum absolute atomic E-state index is 0.0190. The monoisotopic (exact) mass is 398 g/mol. The second-order valence-electron chi connectivity index (χ2n) is 7.82. The van der Waals surface area contributed by atoms with Gasteiger partial charge in [-0.1, -0.05) is 57.5 Å². The van der Waals surface area contributed by atoms with E-state index >= 15 is 0 Å². The molecule has 4 nitrogen and oxygen atoms in total. The molecule has 0 atom stereocenters. The van der Waals surface area contributed by atoms with E-state index < -0.39 is 5.97 Å². The molecule has 0 saturated carbocycles. The first kappa shape index (κ1) is 20.7. The van der Waals surface area contributed by atoms with Gasteiger partial charge in [0, 0.05) is 16.7 Å². The van der Waals surface area contributed by atoms with Crippen molar-refractivity contribution in [1.82, 2.24) is 0 Å². The summed E-state index contributed by atoms with van der Waals surface area (Å²) in [6.45, 7) is 12.2. The Hall–Kier alpha value is -1.36. The molecule has 0 aliphatic carbocycles. The molecular weight excluding hydrogens is 372 g/mol. The maximum atomic E-state index is 12.2. The van der Waals surface area contributed by atoms with Crippen LogP contribution in [0.25, 0.3) is 0 Å². The number of alkyl halides is 1. The number of esters is 1. The van der Waals surface area contributed by atoms with Gasteiger partial charge in [0.1, 0.15) is 5.75 Å². The van der Waals surface area contributed by atoms with Crippen molar-refractivity contribution in [3.63, 3.8) is 0 Å². The number of ketones is 1. The molecule has 134 valence electrons. The molecule has 24 heavy (non-hydrogen) atoms. The summed E-state index contributed by atoms with van der Waals surface area (Å²) in [7, 11) is 1.33. The fourth-order valence-corrected chi connectivity index (χ4v) is 2.65. The quantitative estimate of drug-likeness (QED) is 0.418. The van der Waals surface area contributed by atoms with Crippen molar-refractivity contribution in [2.24, 2.45) is 0 Å². The highest BCUT2D eigenvalue weighted by atomic mass is 79.9. The van der Waals surface area contributed by atoms with Gasteiger partial charge in [-0.05, 0) is 23.0 Å². The number of Topliss-reactive ketones (excluding diaryl/α,β-unsaturated/α-hetero) is 1. The standard InChI is InChI=1S/C19H27BrO4/c1-18(2,3)13-8-12(15(21)10-20)9-14(19(4,5)6)17(13)24-11-16(22)23-7/h8-9H,10-11H2,1-7H3. The number of hydrogen-bond acceptors (Lipinski definition) is 4. The van der Waals surface area contributed by atoms with Gasteiger partial charge in [-0.25, -0.2) is 4.79 Å². The van der Waals surface area contributed by atoms with Gasteiger partial charge < -0.3 is 9.47 Å². The van der Waals surface area contributed by atoms with E-state index in [1.54, 1.807) is 0 Å². The number of rotatable bonds is 5. The average molecular weight is 399 g/mol. The van der Waals surface area contributed by atoms with Crippen molar-refractivity contribution in [3.05, 3.63) is 28.8 Å². The molecule has 0 amide bonds. The lowest BCUT2D eigenvalue weighted by Gasteiger charge is -2.30. The van der Waals surface area contributed by atoms with E-state index in [0.717, 1.165) is 11.1 Å². The number of carbonyl (C=O) groups excluding carboxylic acids is 2. The normalized spacial score (nSPS) is 12.0. The molecule has 0 spiro atoms. The van der Waals surface area contributed by atoms with Crippen molar-refractivity contribution in [2.75, 3.05) is 19.0 Å². The second kappa shape index (κ2) is 7.68. The van der Waals surface area contributed by atoms with Gasteiger partial charge in [-0.3, -0.25) is 4.79 Å². The fourth-order valence-electron chi connectivity index (χ4n) is 2.33. The van der Waals surface area contributed by atoms with Crippen molar-refractivity contribution in [1.29, 1.82) is 0 Å². The van der Waals surface area contributed by atoms with Crippen LogP contribution in [0.5, 0.6) is 5.75 Å². The highest BCUT2D eigenvalue weighted by Crippen LogP contribution is 2.41. The van der Waals surface area contributed by atoms with Gasteiger partial charge in [0.25, 0.3) is 0 Å². The van der Waals surface area contributed by atoms with Crippen LogP contribution in [0, 0.1) is 0 Å². The molecule has 5 heteroatoms. The predicted molar refractivity (Wildman–Crippen MR) is 99.5 cm³/mol. The molecular formula is C19H27BrO4. The van der Waals surface area contributed by atoms with Crippen LogP contribution in [0.2, 0.25) is 0 Å². The third kappa shape index (κ3) is 5.07. The Morgan fingerprint density at radius 2 is 1.46 bits per heavy atom. The summed E-state index contributed by atoms with van der Waals surface area (Å²) in [6.07, 6.45) is 0. The van der Waals surface area contributed by atoms with E-state index in [1.165, 1.54) is 7.11 Å². The number of carbonyl (C=O) groups is 2. The van der Waals surface area contributed by atoms with E-state index in [9.17, 15) is 9.59 Å². The Morgan fingerprint density at radius 3 is 1.79 bits per heavy atom. The van der Waals surface area contributed by atoms with Crippen molar-refractivity contribution < 1.29 is 19.1 Å². The Balaban J connectivity index is 3.61. The maximum absolute atomic E-state index is 12.2. The average Bonchev–Trinajstić information content (AvgIpc) is 2.48. The van der Waals surface area contributed by atoms with Crippen LogP contribution in [0.3, 0.4) is 0 Å². The Kier molecular flexibility index (Phi) is 6.62. The fraction of sp³-hybridized carbons (Fsp3) is 0.579. The van der Waals surface area contributed by atoms with Crippen molar-refractivity contribution >= 4 is 27.7 Å². The number of halogens is 1. The highest BCUT2D eigenvalue weighted by molar-refractivity contribution is 9.09. The van der Waals surface area contributed by atoms with Crippen LogP contribution in [0.15, 0.2) is 12.1 Å². The third-order valence-corrected chi connectivity index (χ3v) is 4.22. The Labute approximate surface area is 153 Å². The first-order valence-electron chi connectivity index (χ1n) is 7.89. The molecule has 1 aromatic rings. The zero-order valence-corrected chi connectivity index (χ0v) is 17.2. The third-order valence-electron chi connectivity index (χ3n) is 3.71. The summed E-state index contributed by atoms with van der Waals surface area (Å²) in [5.74, 6) is 0.243. The lowest BCUT2D eigenvalue weighted by atomic mass is 9.78. The van der Waals surface area contributed by atoms with Gasteiger partial charge in [-0.2, -0.15) is 0 Å². The van der Waals surface area contributed by atoms with Gasteiger partial charge in [0.15, 0.2) is 12.4 Å². The number of methoxy groups -OCH3 is 1. The molecule has 0 aromatic heterocycles. The van der Waals surface area contributed by atoms with Crippen LogP contribution < -0.4 is 4.74 Å². The lowest BCUT2D eigenvalue weighted by molar-refractivity contribution is -0.142. The molecule has 1 aromatic carbocycles. The molecule has 0 aliphatic rings. The maximum Gasteiger partial charge on any atom is 0.343 e. The van der Waals surface area contributed by atoms with Crippen LogP contribution in [-0.4, -0.2) is 30.8 Å². The zero-order chi connectivity index (χ0) is 18.7. The molecule has 0 N–H and O–H groups in total. The van der Waals surface area contributed by atoms with Crippen molar-refractivity contribution in [2.45, 2.75) is 52.4 Å². The van der Waals surface area contributed by atoms with E-state index in [0.29, 0.717) is 11.3 Å². The van der Waals surface area contributed by atoms with Gasteiger partial charge in [0.05, 0.1) is 12.4 Å². The molecule has 0 aliphatic heterocycles. The lowest BCUT2D eigenvalue weighted by Crippen LogP contribution is -2.23. The predicted octanol–water partition coefficient (Wildman–Crippen LogP) is 4.41. The molecule has 1 rings (SSSR count). The van der Waals surface area contributed by atoms with Crippen LogP contribution in [-0.2, 0) is 20.4 Å². The Morgan fingerprint density at radius 1 is 1.00 bits per heavy atom. The summed E-state index contributed by atoms with van der Waals surface area (Å²) in [6, 6.07) is 3.73. The summed E-state index contributed by atoms with van der Waals surface area (Å²) >= 11 is 3.24. The molecule has 0 heterocycles. The largest absolute Gasteiger partial charge is 0.481 e. The van der Waals surface area contributed by atoms with Crippen LogP contribution in [0.1, 0.15) is 63.0 Å². The van der Waals surface area contributed by atoms with E-state index in [2.05, 4.69) is 62.2 Å². The molecule has 0 fully saturated rings. The molecule has 0 saturated heterocycles. The molecule has 0 bridgehead atoms. The van der Waals surface area contributed by atoms with Crippen molar-refractivity contribution in [3.8, 4) is 5.75 Å². The van der Waals surface area contributed by atoms with Gasteiger partial charge in [-0.15, -0.1) is 0 Å². The van der Waals surface area contributed by atoms with E-state index in [4.69, 9.17) is 4.74 Å². The number of ether oxygens (including phenoxy) is 2. The molecule has 0 unspecified atom stereocenters. The summed E-state index contributed by atoms with van der Waals surface area (Å²) in [4.78, 5) is 23.8. The smallest absolute Gasteiger partial charge is 0.343 e. The minimum Gasteiger partial charge on any atom is -0.481 e. The highest BCUT2D eigenvalue weighted by Gasteiger charge is 2.29. The first-order valence-corrected chi connectivity index (χ1v) is 9.01. The summed E-state index contributed by atoms with van der Waals surface area (Å²) in [5.41, 5.74) is 1.97. The minimum atomic E-state index is -0.435. The van der Waals surface area contributed by atoms with E-state index in [-0.39, 0.29) is 28.6 Å². The topological polar surface area (TPSA) is 52.6 Å². The summed E-state index contributed by atoms with van der Waals surface area (Å²) < 4.78 is 10.5. The number of hydrogen-bond donors (Lipinski definition) is 0. The van der Waals surface area contributed by atoms with Gasteiger partial charge >= 0.3 is 5.97 Å². The number of benzene rings is 1. The molecule has 0 radical (unpaired) electrons. The SMILES string of the molecule is COC(=O)COc1c(C(C)(C)C)cc(C(=O)CBr)cc1C(C)(C)C. The van der Waals surface area contributed by atoms with Gasteiger partial charge in [0.2, 0.25) is 0 Å². The zero-order valence-electron chi connectivity index (χ0n) is 15.6. The Bertz CT molecular complexity index is 586.